The first-order chi connectivity index (χ1) is 13.1. The zero-order chi connectivity index (χ0) is 18.4. The van der Waals surface area contributed by atoms with Crippen LogP contribution >= 0.6 is 0 Å². The average molecular weight is 353 g/mol. The van der Waals surface area contributed by atoms with E-state index in [1.54, 1.807) is 6.20 Å². The molecule has 0 unspecified atom stereocenters. The molecule has 27 heavy (non-hydrogen) atoms. The molecule has 0 spiro atoms. The van der Waals surface area contributed by atoms with Crippen molar-refractivity contribution < 1.29 is 4.42 Å². The lowest BCUT2D eigenvalue weighted by molar-refractivity contribution is 0.512. The lowest BCUT2D eigenvalue weighted by Gasteiger charge is -2.30. The minimum atomic E-state index is -0.204. The molecule has 4 heteroatoms. The normalized spacial score (nSPS) is 15.4. The molecule has 0 aliphatic carbocycles. The maximum atomic E-state index is 5.59. The summed E-state index contributed by atoms with van der Waals surface area (Å²) in [5, 5.41) is 1.12. The Morgan fingerprint density at radius 1 is 0.963 bits per heavy atom. The molecule has 0 saturated carbocycles. The molecule has 2 aromatic heterocycles. The van der Waals surface area contributed by atoms with Crippen LogP contribution in [0.1, 0.15) is 30.5 Å². The molecule has 1 aliphatic rings. The summed E-state index contributed by atoms with van der Waals surface area (Å²) < 4.78 is 5.59. The highest BCUT2D eigenvalue weighted by molar-refractivity contribution is 6.16. The van der Waals surface area contributed by atoms with Gasteiger partial charge in [0.25, 0.3) is 0 Å². The molecular formula is C23H19N3O. The fraction of sp³-hybridized carbons (Fsp3) is 0.174. The van der Waals surface area contributed by atoms with Crippen molar-refractivity contribution in [3.63, 3.8) is 0 Å². The van der Waals surface area contributed by atoms with Crippen LogP contribution in [-0.2, 0) is 6.42 Å². The van der Waals surface area contributed by atoms with E-state index >= 15 is 0 Å². The van der Waals surface area contributed by atoms with E-state index in [2.05, 4.69) is 54.1 Å². The standard InChI is InChI=1S/C23H19N3O/c1-23(2)11-19-17(21-13-24-14-27-21)7-5-8-18(19)22(26-23)16-10-15-6-3-4-9-20(15)25-12-16/h3-10,12-14H,11H2,1-2H3. The molecule has 0 radical (unpaired) electrons. The highest BCUT2D eigenvalue weighted by Crippen LogP contribution is 2.36. The monoisotopic (exact) mass is 353 g/mol. The number of rotatable bonds is 2. The molecular weight excluding hydrogens is 334 g/mol. The Bertz CT molecular complexity index is 1170. The number of oxazole rings is 1. The Kier molecular flexibility index (Phi) is 3.47. The van der Waals surface area contributed by atoms with E-state index in [0.29, 0.717) is 0 Å². The maximum Gasteiger partial charge on any atom is 0.181 e. The number of hydrogen-bond acceptors (Lipinski definition) is 4. The summed E-state index contributed by atoms with van der Waals surface area (Å²) in [6.07, 6.45) is 6.02. The second-order valence-electron chi connectivity index (χ2n) is 7.56. The Morgan fingerprint density at radius 2 is 1.81 bits per heavy atom. The van der Waals surface area contributed by atoms with Crippen molar-refractivity contribution in [3.8, 4) is 11.3 Å². The molecule has 2 aromatic carbocycles. The van der Waals surface area contributed by atoms with Crippen LogP contribution in [0.15, 0.2) is 76.7 Å². The quantitative estimate of drug-likeness (QED) is 0.506. The number of pyridine rings is 1. The maximum absolute atomic E-state index is 5.59. The van der Waals surface area contributed by atoms with Gasteiger partial charge < -0.3 is 4.42 Å². The van der Waals surface area contributed by atoms with Crippen LogP contribution in [0.2, 0.25) is 0 Å². The van der Waals surface area contributed by atoms with Gasteiger partial charge >= 0.3 is 0 Å². The second-order valence-corrected chi connectivity index (χ2v) is 7.56. The molecule has 0 atom stereocenters. The fourth-order valence-corrected chi connectivity index (χ4v) is 3.83. The largest absolute Gasteiger partial charge is 0.444 e. The number of aliphatic imine (C=N–C) groups is 1. The highest BCUT2D eigenvalue weighted by atomic mass is 16.3. The van der Waals surface area contributed by atoms with Gasteiger partial charge in [-0.3, -0.25) is 9.98 Å². The summed E-state index contributed by atoms with van der Waals surface area (Å²) in [6, 6.07) is 16.6. The zero-order valence-corrected chi connectivity index (χ0v) is 15.3. The van der Waals surface area contributed by atoms with Gasteiger partial charge in [-0.25, -0.2) is 4.98 Å². The molecule has 0 N–H and O–H groups in total. The number of hydrogen-bond donors (Lipinski definition) is 0. The topological polar surface area (TPSA) is 51.3 Å². The summed E-state index contributed by atoms with van der Waals surface area (Å²) in [5.41, 5.74) is 6.28. The van der Waals surface area contributed by atoms with Gasteiger partial charge in [-0.1, -0.05) is 36.4 Å². The number of nitrogens with zero attached hydrogens (tertiary/aromatic N) is 3. The molecule has 5 rings (SSSR count). The Hall–Kier alpha value is -3.27. The van der Waals surface area contributed by atoms with Gasteiger partial charge in [0.15, 0.2) is 12.2 Å². The van der Waals surface area contributed by atoms with Crippen LogP contribution < -0.4 is 0 Å². The minimum Gasteiger partial charge on any atom is -0.444 e. The van der Waals surface area contributed by atoms with Crippen LogP contribution in [0.3, 0.4) is 0 Å². The first-order valence-corrected chi connectivity index (χ1v) is 9.07. The van der Waals surface area contributed by atoms with Crippen LogP contribution in [0.4, 0.5) is 0 Å². The molecule has 0 amide bonds. The van der Waals surface area contributed by atoms with Crippen LogP contribution in [0.25, 0.3) is 22.2 Å². The molecule has 132 valence electrons. The molecule has 4 aromatic rings. The molecule has 3 heterocycles. The Morgan fingerprint density at radius 3 is 2.67 bits per heavy atom. The summed E-state index contributed by atoms with van der Waals surface area (Å²) in [7, 11) is 0. The van der Waals surface area contributed by atoms with Crippen LogP contribution in [-0.4, -0.2) is 21.2 Å². The highest BCUT2D eigenvalue weighted by Gasteiger charge is 2.30. The van der Waals surface area contributed by atoms with Crippen molar-refractivity contribution in [2.45, 2.75) is 25.8 Å². The van der Waals surface area contributed by atoms with Crippen molar-refractivity contribution in [3.05, 3.63) is 84.0 Å². The first-order valence-electron chi connectivity index (χ1n) is 9.07. The summed E-state index contributed by atoms with van der Waals surface area (Å²) in [4.78, 5) is 13.8. The molecule has 0 bridgehead atoms. The number of fused-ring (bicyclic) bond motifs is 2. The van der Waals surface area contributed by atoms with E-state index in [9.17, 15) is 0 Å². The van der Waals surface area contributed by atoms with E-state index in [4.69, 9.17) is 9.41 Å². The third-order valence-electron chi connectivity index (χ3n) is 5.02. The van der Waals surface area contributed by atoms with Gasteiger partial charge in [-0.2, -0.15) is 0 Å². The van der Waals surface area contributed by atoms with Crippen LogP contribution in [0.5, 0.6) is 0 Å². The van der Waals surface area contributed by atoms with Gasteiger partial charge in [0.2, 0.25) is 0 Å². The van der Waals surface area contributed by atoms with E-state index in [1.807, 2.05) is 24.4 Å². The summed E-state index contributed by atoms with van der Waals surface area (Å²) in [6.45, 7) is 4.34. The van der Waals surface area contributed by atoms with Crippen molar-refractivity contribution in [2.24, 2.45) is 4.99 Å². The first kappa shape index (κ1) is 15.9. The van der Waals surface area contributed by atoms with Crippen LogP contribution in [0, 0.1) is 0 Å². The lowest BCUT2D eigenvalue weighted by Crippen LogP contribution is -2.30. The summed E-state index contributed by atoms with van der Waals surface area (Å²) >= 11 is 0. The summed E-state index contributed by atoms with van der Waals surface area (Å²) in [5.74, 6) is 0.792. The third-order valence-corrected chi connectivity index (χ3v) is 5.02. The minimum absolute atomic E-state index is 0.204. The smallest absolute Gasteiger partial charge is 0.181 e. The predicted octanol–water partition coefficient (Wildman–Crippen LogP) is 5.06. The lowest BCUT2D eigenvalue weighted by atomic mass is 9.82. The zero-order valence-electron chi connectivity index (χ0n) is 15.3. The Labute approximate surface area is 157 Å². The second kappa shape index (κ2) is 5.88. The SMILES string of the molecule is CC1(C)Cc2c(cccc2-c2cnco2)C(c2cnc3ccccc3c2)=N1. The van der Waals surface area contributed by atoms with Crippen molar-refractivity contribution in [1.29, 1.82) is 0 Å². The van der Waals surface area contributed by atoms with E-state index < -0.39 is 0 Å². The van der Waals surface area contributed by atoms with E-state index in [0.717, 1.165) is 45.5 Å². The molecule has 1 aliphatic heterocycles. The predicted molar refractivity (Wildman–Crippen MR) is 107 cm³/mol. The van der Waals surface area contributed by atoms with Gasteiger partial charge in [-0.05, 0) is 38.0 Å². The van der Waals surface area contributed by atoms with Gasteiger partial charge in [0, 0.05) is 28.3 Å². The average Bonchev–Trinajstić information content (AvgIpc) is 3.20. The van der Waals surface area contributed by atoms with Gasteiger partial charge in [0.1, 0.15) is 0 Å². The molecule has 4 nitrogen and oxygen atoms in total. The number of benzene rings is 2. The van der Waals surface area contributed by atoms with Crippen molar-refractivity contribution >= 4 is 16.6 Å². The number of aromatic nitrogens is 2. The third kappa shape index (κ3) is 2.74. The van der Waals surface area contributed by atoms with E-state index in [-0.39, 0.29) is 5.54 Å². The fourth-order valence-electron chi connectivity index (χ4n) is 3.83. The Balaban J connectivity index is 1.73. The molecule has 0 saturated heterocycles. The van der Waals surface area contributed by atoms with Crippen molar-refractivity contribution in [2.75, 3.05) is 0 Å². The van der Waals surface area contributed by atoms with Gasteiger partial charge in [-0.15, -0.1) is 0 Å². The number of para-hydroxylation sites is 1. The molecule has 0 fully saturated rings. The van der Waals surface area contributed by atoms with Crippen molar-refractivity contribution in [1.82, 2.24) is 9.97 Å². The van der Waals surface area contributed by atoms with Gasteiger partial charge in [0.05, 0.1) is 23.0 Å². The van der Waals surface area contributed by atoms with E-state index in [1.165, 1.54) is 12.0 Å².